The van der Waals surface area contributed by atoms with Crippen LogP contribution in [0.4, 0.5) is 4.39 Å². The molecule has 1 aliphatic carbocycles. The van der Waals surface area contributed by atoms with E-state index in [-0.39, 0.29) is 5.82 Å². The first kappa shape index (κ1) is 14.0. The van der Waals surface area contributed by atoms with Gasteiger partial charge in [-0.25, -0.2) is 4.39 Å². The molecular formula is C16H22FNO2. The highest BCUT2D eigenvalue weighted by atomic mass is 19.1. The smallest absolute Gasteiger partial charge is 0.177 e. The second-order valence-corrected chi connectivity index (χ2v) is 5.99. The molecule has 1 N–H and O–H groups in total. The Labute approximate surface area is 119 Å². The van der Waals surface area contributed by atoms with Crippen LogP contribution in [-0.4, -0.2) is 31.6 Å². The Morgan fingerprint density at radius 1 is 1.30 bits per heavy atom. The highest BCUT2D eigenvalue weighted by Gasteiger charge is 2.34. The third-order valence-electron chi connectivity index (χ3n) is 4.27. The SMILES string of the molecule is CC1(CNC2CC(c3cccc(F)c3)C2)OCCCO1. The minimum absolute atomic E-state index is 0.143. The fraction of sp³-hybridized carbons (Fsp3) is 0.625. The number of rotatable bonds is 4. The maximum Gasteiger partial charge on any atom is 0.177 e. The van der Waals surface area contributed by atoms with Gasteiger partial charge in [0.2, 0.25) is 0 Å². The lowest BCUT2D eigenvalue weighted by Gasteiger charge is -2.40. The van der Waals surface area contributed by atoms with Crippen LogP contribution >= 0.6 is 0 Å². The first-order valence-corrected chi connectivity index (χ1v) is 7.41. The quantitative estimate of drug-likeness (QED) is 0.919. The van der Waals surface area contributed by atoms with Gasteiger partial charge in [-0.15, -0.1) is 0 Å². The van der Waals surface area contributed by atoms with Crippen LogP contribution in [-0.2, 0) is 9.47 Å². The first-order chi connectivity index (χ1) is 9.65. The molecule has 4 heteroatoms. The van der Waals surface area contributed by atoms with E-state index in [1.807, 2.05) is 13.0 Å². The number of nitrogens with one attached hydrogen (secondary N) is 1. The molecule has 0 bridgehead atoms. The summed E-state index contributed by atoms with van der Waals surface area (Å²) in [5.41, 5.74) is 1.11. The normalized spacial score (nSPS) is 28.9. The van der Waals surface area contributed by atoms with Gasteiger partial charge < -0.3 is 14.8 Å². The van der Waals surface area contributed by atoms with Gasteiger partial charge in [0.1, 0.15) is 5.82 Å². The number of ether oxygens (including phenoxy) is 2. The van der Waals surface area contributed by atoms with Gasteiger partial charge in [-0.3, -0.25) is 0 Å². The average molecular weight is 279 g/mol. The van der Waals surface area contributed by atoms with Crippen LogP contribution in [0, 0.1) is 5.82 Å². The van der Waals surface area contributed by atoms with E-state index in [2.05, 4.69) is 5.32 Å². The Hall–Kier alpha value is -0.970. The molecule has 2 aliphatic rings. The highest BCUT2D eigenvalue weighted by Crippen LogP contribution is 2.37. The van der Waals surface area contributed by atoms with Crippen LogP contribution in [0.15, 0.2) is 24.3 Å². The monoisotopic (exact) mass is 279 g/mol. The van der Waals surface area contributed by atoms with Gasteiger partial charge in [-0.1, -0.05) is 12.1 Å². The molecule has 0 unspecified atom stereocenters. The van der Waals surface area contributed by atoms with E-state index in [1.54, 1.807) is 12.1 Å². The summed E-state index contributed by atoms with van der Waals surface area (Å²) in [6.07, 6.45) is 3.08. The number of halogens is 1. The summed E-state index contributed by atoms with van der Waals surface area (Å²) >= 11 is 0. The topological polar surface area (TPSA) is 30.5 Å². The van der Waals surface area contributed by atoms with Crippen LogP contribution < -0.4 is 5.32 Å². The Morgan fingerprint density at radius 3 is 2.75 bits per heavy atom. The van der Waals surface area contributed by atoms with E-state index in [0.717, 1.165) is 38.0 Å². The molecule has 0 amide bonds. The second kappa shape index (κ2) is 5.80. The molecule has 110 valence electrons. The zero-order valence-corrected chi connectivity index (χ0v) is 11.9. The highest BCUT2D eigenvalue weighted by molar-refractivity contribution is 5.23. The first-order valence-electron chi connectivity index (χ1n) is 7.41. The van der Waals surface area contributed by atoms with Crippen molar-refractivity contribution in [3.63, 3.8) is 0 Å². The van der Waals surface area contributed by atoms with Crippen LogP contribution in [0.5, 0.6) is 0 Å². The lowest BCUT2D eigenvalue weighted by Crippen LogP contribution is -2.51. The summed E-state index contributed by atoms with van der Waals surface area (Å²) in [6.45, 7) is 4.25. The average Bonchev–Trinajstić information content (AvgIpc) is 2.38. The maximum atomic E-state index is 13.2. The van der Waals surface area contributed by atoms with Gasteiger partial charge in [0.25, 0.3) is 0 Å². The fourth-order valence-electron chi connectivity index (χ4n) is 2.93. The van der Waals surface area contributed by atoms with E-state index in [0.29, 0.717) is 18.5 Å². The van der Waals surface area contributed by atoms with Crippen LogP contribution in [0.3, 0.4) is 0 Å². The molecule has 2 fully saturated rings. The molecule has 0 atom stereocenters. The van der Waals surface area contributed by atoms with Crippen molar-refractivity contribution < 1.29 is 13.9 Å². The van der Waals surface area contributed by atoms with Crippen molar-refractivity contribution >= 4 is 0 Å². The predicted octanol–water partition coefficient (Wildman–Crippen LogP) is 2.81. The molecule has 20 heavy (non-hydrogen) atoms. The summed E-state index contributed by atoms with van der Waals surface area (Å²) in [7, 11) is 0. The van der Waals surface area contributed by atoms with Crippen LogP contribution in [0.2, 0.25) is 0 Å². The van der Waals surface area contributed by atoms with Gasteiger partial charge in [0.05, 0.1) is 13.2 Å². The molecule has 1 saturated carbocycles. The number of hydrogen-bond acceptors (Lipinski definition) is 3. The van der Waals surface area contributed by atoms with Crippen LogP contribution in [0.1, 0.15) is 37.7 Å². The summed E-state index contributed by atoms with van der Waals surface area (Å²) < 4.78 is 24.5. The number of benzene rings is 1. The Bertz CT molecular complexity index is 454. The van der Waals surface area contributed by atoms with Crippen molar-refractivity contribution in [3.8, 4) is 0 Å². The second-order valence-electron chi connectivity index (χ2n) is 5.99. The standard InChI is InChI=1S/C16H22FNO2/c1-16(19-6-3-7-20-16)11-18-15-9-13(10-15)12-4-2-5-14(17)8-12/h2,4-5,8,13,15,18H,3,6-7,9-11H2,1H3. The minimum atomic E-state index is -0.484. The van der Waals surface area contributed by atoms with E-state index >= 15 is 0 Å². The molecule has 1 heterocycles. The molecular weight excluding hydrogens is 257 g/mol. The van der Waals surface area contributed by atoms with Crippen molar-refractivity contribution in [1.82, 2.24) is 5.32 Å². The third kappa shape index (κ3) is 3.19. The van der Waals surface area contributed by atoms with Crippen molar-refractivity contribution in [2.75, 3.05) is 19.8 Å². The maximum absolute atomic E-state index is 13.2. The van der Waals surface area contributed by atoms with E-state index in [9.17, 15) is 4.39 Å². The largest absolute Gasteiger partial charge is 0.349 e. The Morgan fingerprint density at radius 2 is 2.05 bits per heavy atom. The van der Waals surface area contributed by atoms with Crippen molar-refractivity contribution in [2.45, 2.75) is 43.9 Å². The summed E-state index contributed by atoms with van der Waals surface area (Å²) in [4.78, 5) is 0. The molecule has 0 aromatic heterocycles. The third-order valence-corrected chi connectivity index (χ3v) is 4.27. The van der Waals surface area contributed by atoms with Gasteiger partial charge in [-0.05, 0) is 49.8 Å². The van der Waals surface area contributed by atoms with E-state index < -0.39 is 5.79 Å². The Balaban J connectivity index is 1.44. The molecule has 0 radical (unpaired) electrons. The lowest BCUT2D eigenvalue weighted by molar-refractivity contribution is -0.253. The van der Waals surface area contributed by atoms with Gasteiger partial charge >= 0.3 is 0 Å². The Kier molecular flexibility index (Phi) is 4.06. The molecule has 1 aliphatic heterocycles. The zero-order chi connectivity index (χ0) is 14.0. The zero-order valence-electron chi connectivity index (χ0n) is 11.9. The van der Waals surface area contributed by atoms with E-state index in [1.165, 1.54) is 6.07 Å². The van der Waals surface area contributed by atoms with E-state index in [4.69, 9.17) is 9.47 Å². The molecule has 3 nitrogen and oxygen atoms in total. The molecule has 1 saturated heterocycles. The van der Waals surface area contributed by atoms with Crippen LogP contribution in [0.25, 0.3) is 0 Å². The van der Waals surface area contributed by atoms with Gasteiger partial charge in [-0.2, -0.15) is 0 Å². The minimum Gasteiger partial charge on any atom is -0.349 e. The lowest BCUT2D eigenvalue weighted by atomic mass is 9.76. The van der Waals surface area contributed by atoms with Gasteiger partial charge in [0, 0.05) is 12.6 Å². The molecule has 1 aromatic rings. The number of hydrogen-bond donors (Lipinski definition) is 1. The molecule has 0 spiro atoms. The molecule has 3 rings (SSSR count). The summed E-state index contributed by atoms with van der Waals surface area (Å²) in [5.74, 6) is -0.151. The summed E-state index contributed by atoms with van der Waals surface area (Å²) in [5, 5.41) is 3.50. The van der Waals surface area contributed by atoms with Gasteiger partial charge in [0.15, 0.2) is 5.79 Å². The fourth-order valence-corrected chi connectivity index (χ4v) is 2.93. The van der Waals surface area contributed by atoms with Crippen molar-refractivity contribution in [3.05, 3.63) is 35.6 Å². The van der Waals surface area contributed by atoms with Crippen molar-refractivity contribution in [1.29, 1.82) is 0 Å². The van der Waals surface area contributed by atoms with Crippen molar-refractivity contribution in [2.24, 2.45) is 0 Å². The molecule has 1 aromatic carbocycles. The predicted molar refractivity (Wildman–Crippen MR) is 75.1 cm³/mol. The summed E-state index contributed by atoms with van der Waals surface area (Å²) in [6, 6.07) is 7.43.